The van der Waals surface area contributed by atoms with E-state index in [-0.39, 0.29) is 18.5 Å². The zero-order valence-corrected chi connectivity index (χ0v) is 11.2. The van der Waals surface area contributed by atoms with E-state index in [0.29, 0.717) is 12.5 Å². The Balaban J connectivity index is 1.70. The molecule has 0 bridgehead atoms. The fourth-order valence-electron chi connectivity index (χ4n) is 2.93. The van der Waals surface area contributed by atoms with E-state index in [9.17, 15) is 9.59 Å². The number of piperidine rings is 1. The summed E-state index contributed by atoms with van der Waals surface area (Å²) in [5, 5.41) is 15.0. The molecule has 0 radical (unpaired) electrons. The van der Waals surface area contributed by atoms with Gasteiger partial charge in [0.1, 0.15) is 0 Å². The van der Waals surface area contributed by atoms with E-state index in [1.807, 2.05) is 4.90 Å². The predicted octanol–water partition coefficient (Wildman–Crippen LogP) is -0.349. The third kappa shape index (κ3) is 4.47. The molecule has 6 heteroatoms. The topological polar surface area (TPSA) is 81.7 Å². The first-order valence-corrected chi connectivity index (χ1v) is 7.10. The lowest BCUT2D eigenvalue weighted by Crippen LogP contribution is -2.46. The summed E-state index contributed by atoms with van der Waals surface area (Å²) in [6.07, 6.45) is 4.06. The summed E-state index contributed by atoms with van der Waals surface area (Å²) in [5.41, 5.74) is 0. The minimum absolute atomic E-state index is 0.0290. The van der Waals surface area contributed by atoms with Gasteiger partial charge in [0.05, 0.1) is 12.6 Å². The van der Waals surface area contributed by atoms with Gasteiger partial charge in [0.15, 0.2) is 0 Å². The highest BCUT2D eigenvalue weighted by Crippen LogP contribution is 2.15. The fraction of sp³-hybridized carbons (Fsp3) is 0.846. The maximum absolute atomic E-state index is 11.9. The highest BCUT2D eigenvalue weighted by molar-refractivity contribution is 5.81. The van der Waals surface area contributed by atoms with Crippen molar-refractivity contribution >= 4 is 11.9 Å². The third-order valence-electron chi connectivity index (χ3n) is 3.90. The Morgan fingerprint density at radius 2 is 2.16 bits per heavy atom. The number of nitrogens with zero attached hydrogens (tertiary/aromatic N) is 1. The van der Waals surface area contributed by atoms with Crippen molar-refractivity contribution in [2.45, 2.75) is 31.7 Å². The van der Waals surface area contributed by atoms with Crippen LogP contribution in [0.25, 0.3) is 0 Å². The number of carboxylic acid groups (broad SMARTS) is 1. The van der Waals surface area contributed by atoms with Crippen LogP contribution < -0.4 is 10.6 Å². The van der Waals surface area contributed by atoms with Gasteiger partial charge in [-0.1, -0.05) is 0 Å². The van der Waals surface area contributed by atoms with E-state index >= 15 is 0 Å². The molecule has 0 aliphatic carbocycles. The van der Waals surface area contributed by atoms with Crippen LogP contribution in [0.1, 0.15) is 25.7 Å². The summed E-state index contributed by atoms with van der Waals surface area (Å²) in [5.74, 6) is -0.314. The third-order valence-corrected chi connectivity index (χ3v) is 3.90. The van der Waals surface area contributed by atoms with Crippen LogP contribution in [-0.2, 0) is 9.59 Å². The van der Waals surface area contributed by atoms with Crippen molar-refractivity contribution in [2.75, 3.05) is 32.7 Å². The average Bonchev–Trinajstić information content (AvgIpc) is 2.89. The Morgan fingerprint density at radius 3 is 2.84 bits per heavy atom. The number of hydrogen-bond acceptors (Lipinski definition) is 4. The van der Waals surface area contributed by atoms with E-state index in [0.717, 1.165) is 45.3 Å². The van der Waals surface area contributed by atoms with Gasteiger partial charge in [-0.15, -0.1) is 0 Å². The number of carbonyl (C=O) groups excluding carboxylic acids is 1. The molecule has 0 aromatic heterocycles. The molecule has 0 saturated carbocycles. The van der Waals surface area contributed by atoms with Gasteiger partial charge < -0.3 is 15.7 Å². The summed E-state index contributed by atoms with van der Waals surface area (Å²) in [4.78, 5) is 24.5. The molecule has 2 fully saturated rings. The van der Waals surface area contributed by atoms with Crippen molar-refractivity contribution in [3.05, 3.63) is 0 Å². The largest absolute Gasteiger partial charge is 0.480 e. The smallest absolute Gasteiger partial charge is 0.317 e. The van der Waals surface area contributed by atoms with Crippen LogP contribution in [-0.4, -0.2) is 60.6 Å². The molecule has 3 N–H and O–H groups in total. The van der Waals surface area contributed by atoms with Crippen molar-refractivity contribution in [1.82, 2.24) is 15.5 Å². The van der Waals surface area contributed by atoms with Gasteiger partial charge in [0, 0.05) is 13.1 Å². The first-order chi connectivity index (χ1) is 9.15. The highest BCUT2D eigenvalue weighted by atomic mass is 16.4. The van der Waals surface area contributed by atoms with Gasteiger partial charge in [-0.3, -0.25) is 14.5 Å². The fourth-order valence-corrected chi connectivity index (χ4v) is 2.93. The quantitative estimate of drug-likeness (QED) is 0.635. The molecule has 0 aromatic rings. The van der Waals surface area contributed by atoms with Gasteiger partial charge in [-0.05, 0) is 44.7 Å². The van der Waals surface area contributed by atoms with Gasteiger partial charge in [-0.25, -0.2) is 0 Å². The standard InChI is InChI=1S/C13H23N3O3/c17-12(18)9-16-6-2-3-10(8-16)7-15-13(19)11-4-1-5-14-11/h10-11,14H,1-9H2,(H,15,19)(H,17,18). The summed E-state index contributed by atoms with van der Waals surface area (Å²) in [6, 6.07) is -0.0290. The van der Waals surface area contributed by atoms with Crippen LogP contribution in [0, 0.1) is 5.92 Å². The number of aliphatic carboxylic acids is 1. The van der Waals surface area contributed by atoms with E-state index < -0.39 is 5.97 Å². The van der Waals surface area contributed by atoms with Gasteiger partial charge in [-0.2, -0.15) is 0 Å². The summed E-state index contributed by atoms with van der Waals surface area (Å²) in [7, 11) is 0. The molecular weight excluding hydrogens is 246 g/mol. The monoisotopic (exact) mass is 269 g/mol. The van der Waals surface area contributed by atoms with Crippen LogP contribution in [0.2, 0.25) is 0 Å². The molecule has 6 nitrogen and oxygen atoms in total. The molecule has 108 valence electrons. The second-order valence-corrected chi connectivity index (χ2v) is 5.53. The molecule has 0 spiro atoms. The lowest BCUT2D eigenvalue weighted by atomic mass is 9.98. The lowest BCUT2D eigenvalue weighted by Gasteiger charge is -2.31. The van der Waals surface area contributed by atoms with E-state index in [1.165, 1.54) is 0 Å². The SMILES string of the molecule is O=C(O)CN1CCCC(CNC(=O)C2CCCN2)C1. The molecular formula is C13H23N3O3. The first kappa shape index (κ1) is 14.3. The maximum Gasteiger partial charge on any atom is 0.317 e. The Morgan fingerprint density at radius 1 is 1.32 bits per heavy atom. The number of carboxylic acids is 1. The number of carbonyl (C=O) groups is 2. The molecule has 19 heavy (non-hydrogen) atoms. The van der Waals surface area contributed by atoms with E-state index in [1.54, 1.807) is 0 Å². The molecule has 0 aromatic carbocycles. The normalized spacial score (nSPS) is 28.2. The zero-order valence-electron chi connectivity index (χ0n) is 11.2. The number of likely N-dealkylation sites (tertiary alicyclic amines) is 1. The minimum atomic E-state index is -0.778. The van der Waals surface area contributed by atoms with Gasteiger partial charge in [0.2, 0.25) is 5.91 Å². The molecule has 2 unspecified atom stereocenters. The number of hydrogen-bond donors (Lipinski definition) is 3. The van der Waals surface area contributed by atoms with Crippen molar-refractivity contribution < 1.29 is 14.7 Å². The highest BCUT2D eigenvalue weighted by Gasteiger charge is 2.25. The summed E-state index contributed by atoms with van der Waals surface area (Å²) in [6.45, 7) is 3.31. The van der Waals surface area contributed by atoms with Crippen molar-refractivity contribution in [3.63, 3.8) is 0 Å². The molecule has 2 aliphatic heterocycles. The van der Waals surface area contributed by atoms with Crippen LogP contribution in [0.15, 0.2) is 0 Å². The molecule has 2 heterocycles. The average molecular weight is 269 g/mol. The molecule has 2 atom stereocenters. The van der Waals surface area contributed by atoms with Crippen molar-refractivity contribution in [3.8, 4) is 0 Å². The van der Waals surface area contributed by atoms with Crippen molar-refractivity contribution in [1.29, 1.82) is 0 Å². The summed E-state index contributed by atoms with van der Waals surface area (Å²) >= 11 is 0. The number of rotatable bonds is 5. The Kier molecular flexibility index (Phi) is 5.15. The summed E-state index contributed by atoms with van der Waals surface area (Å²) < 4.78 is 0. The predicted molar refractivity (Wildman–Crippen MR) is 70.8 cm³/mol. The van der Waals surface area contributed by atoms with Crippen LogP contribution in [0.4, 0.5) is 0 Å². The molecule has 2 rings (SSSR count). The maximum atomic E-state index is 11.9. The minimum Gasteiger partial charge on any atom is -0.480 e. The van der Waals surface area contributed by atoms with Gasteiger partial charge in [0.25, 0.3) is 0 Å². The Hall–Kier alpha value is -1.14. The zero-order chi connectivity index (χ0) is 13.7. The van der Waals surface area contributed by atoms with Crippen LogP contribution >= 0.6 is 0 Å². The second-order valence-electron chi connectivity index (χ2n) is 5.53. The second kappa shape index (κ2) is 6.86. The Labute approximate surface area is 113 Å². The first-order valence-electron chi connectivity index (χ1n) is 7.10. The van der Waals surface area contributed by atoms with E-state index in [2.05, 4.69) is 10.6 Å². The lowest BCUT2D eigenvalue weighted by molar-refractivity contribution is -0.138. The van der Waals surface area contributed by atoms with Gasteiger partial charge >= 0.3 is 5.97 Å². The number of nitrogens with one attached hydrogen (secondary N) is 2. The van der Waals surface area contributed by atoms with E-state index in [4.69, 9.17) is 5.11 Å². The van der Waals surface area contributed by atoms with Crippen LogP contribution in [0.3, 0.4) is 0 Å². The van der Waals surface area contributed by atoms with Crippen molar-refractivity contribution in [2.24, 2.45) is 5.92 Å². The molecule has 2 aliphatic rings. The molecule has 1 amide bonds. The Bertz CT molecular complexity index is 329. The number of amides is 1. The molecule has 2 saturated heterocycles. The van der Waals surface area contributed by atoms with Crippen LogP contribution in [0.5, 0.6) is 0 Å².